The summed E-state index contributed by atoms with van der Waals surface area (Å²) < 4.78 is 5.40. The number of hydrogen-bond acceptors (Lipinski definition) is 2. The SMILES string of the molecule is Cc1cccc(C(=O)c2coc3ccccc23)c1. The van der Waals surface area contributed by atoms with Crippen LogP contribution in [0.25, 0.3) is 11.0 Å². The van der Waals surface area contributed by atoms with E-state index in [0.717, 1.165) is 16.5 Å². The highest BCUT2D eigenvalue weighted by Crippen LogP contribution is 2.23. The third kappa shape index (κ3) is 1.72. The fraction of sp³-hybridized carbons (Fsp3) is 0.0625. The maximum Gasteiger partial charge on any atom is 0.196 e. The molecule has 0 aliphatic carbocycles. The number of aryl methyl sites for hydroxylation is 1. The van der Waals surface area contributed by atoms with E-state index in [1.165, 1.54) is 6.26 Å². The van der Waals surface area contributed by atoms with Crippen molar-refractivity contribution in [3.05, 3.63) is 71.5 Å². The number of furan rings is 1. The number of carbonyl (C=O) groups excluding carboxylic acids is 1. The molecule has 2 nitrogen and oxygen atoms in total. The molecule has 1 heterocycles. The summed E-state index contributed by atoms with van der Waals surface area (Å²) in [6.07, 6.45) is 1.54. The molecule has 0 saturated carbocycles. The molecule has 18 heavy (non-hydrogen) atoms. The normalized spacial score (nSPS) is 10.7. The van der Waals surface area contributed by atoms with Crippen molar-refractivity contribution in [1.29, 1.82) is 0 Å². The first kappa shape index (κ1) is 10.8. The zero-order valence-corrected chi connectivity index (χ0v) is 10.0. The zero-order valence-electron chi connectivity index (χ0n) is 10.0. The molecule has 0 fully saturated rings. The van der Waals surface area contributed by atoms with Gasteiger partial charge < -0.3 is 4.42 Å². The molecule has 3 aromatic rings. The Morgan fingerprint density at radius 2 is 1.89 bits per heavy atom. The van der Waals surface area contributed by atoms with E-state index >= 15 is 0 Å². The van der Waals surface area contributed by atoms with Crippen LogP contribution in [0.1, 0.15) is 21.5 Å². The van der Waals surface area contributed by atoms with Gasteiger partial charge in [0, 0.05) is 10.9 Å². The van der Waals surface area contributed by atoms with Gasteiger partial charge in [0.1, 0.15) is 11.8 Å². The van der Waals surface area contributed by atoms with E-state index in [2.05, 4.69) is 0 Å². The Morgan fingerprint density at radius 1 is 1.06 bits per heavy atom. The average molecular weight is 236 g/mol. The molecule has 0 N–H and O–H groups in total. The van der Waals surface area contributed by atoms with Crippen LogP contribution in [-0.2, 0) is 0 Å². The van der Waals surface area contributed by atoms with Crippen molar-refractivity contribution in [2.75, 3.05) is 0 Å². The molecule has 0 amide bonds. The second kappa shape index (κ2) is 4.15. The molecular formula is C16H12O2. The standard InChI is InChI=1S/C16H12O2/c1-11-5-4-6-12(9-11)16(17)14-10-18-15-8-3-2-7-13(14)15/h2-10H,1H3. The molecule has 0 unspecified atom stereocenters. The summed E-state index contributed by atoms with van der Waals surface area (Å²) in [6, 6.07) is 15.2. The number of para-hydroxylation sites is 1. The Hall–Kier alpha value is -2.35. The van der Waals surface area contributed by atoms with Gasteiger partial charge in [0.2, 0.25) is 0 Å². The van der Waals surface area contributed by atoms with E-state index in [4.69, 9.17) is 4.42 Å². The summed E-state index contributed by atoms with van der Waals surface area (Å²) in [4.78, 5) is 12.4. The summed E-state index contributed by atoms with van der Waals surface area (Å²) in [5, 5.41) is 0.865. The zero-order chi connectivity index (χ0) is 12.5. The van der Waals surface area contributed by atoms with Crippen LogP contribution < -0.4 is 0 Å². The fourth-order valence-corrected chi connectivity index (χ4v) is 2.10. The molecule has 3 rings (SSSR count). The first-order chi connectivity index (χ1) is 8.75. The Labute approximate surface area is 105 Å². The predicted octanol–water partition coefficient (Wildman–Crippen LogP) is 3.97. The van der Waals surface area contributed by atoms with E-state index in [9.17, 15) is 4.79 Å². The third-order valence-corrected chi connectivity index (χ3v) is 3.01. The van der Waals surface area contributed by atoms with E-state index in [0.29, 0.717) is 11.1 Å². The lowest BCUT2D eigenvalue weighted by Gasteiger charge is -2.00. The largest absolute Gasteiger partial charge is 0.464 e. The van der Waals surface area contributed by atoms with Gasteiger partial charge >= 0.3 is 0 Å². The van der Waals surface area contributed by atoms with Gasteiger partial charge in [0.15, 0.2) is 5.78 Å². The Morgan fingerprint density at radius 3 is 2.72 bits per heavy atom. The Balaban J connectivity index is 2.12. The van der Waals surface area contributed by atoms with E-state index in [-0.39, 0.29) is 5.78 Å². The molecule has 0 radical (unpaired) electrons. The van der Waals surface area contributed by atoms with Crippen LogP contribution in [0, 0.1) is 6.92 Å². The predicted molar refractivity (Wildman–Crippen MR) is 70.8 cm³/mol. The van der Waals surface area contributed by atoms with Crippen LogP contribution in [0.2, 0.25) is 0 Å². The Kier molecular flexibility index (Phi) is 2.49. The lowest BCUT2D eigenvalue weighted by atomic mass is 10.0. The first-order valence-electron chi connectivity index (χ1n) is 5.83. The maximum absolute atomic E-state index is 12.4. The van der Waals surface area contributed by atoms with Crippen molar-refractivity contribution in [3.63, 3.8) is 0 Å². The number of rotatable bonds is 2. The van der Waals surface area contributed by atoms with Gasteiger partial charge in [-0.1, -0.05) is 42.0 Å². The Bertz CT molecular complexity index is 723. The van der Waals surface area contributed by atoms with Crippen LogP contribution in [0.4, 0.5) is 0 Å². The molecule has 1 aromatic heterocycles. The minimum Gasteiger partial charge on any atom is -0.464 e. The van der Waals surface area contributed by atoms with Crippen molar-refractivity contribution < 1.29 is 9.21 Å². The molecule has 0 aliphatic rings. The van der Waals surface area contributed by atoms with Crippen molar-refractivity contribution >= 4 is 16.8 Å². The highest BCUT2D eigenvalue weighted by molar-refractivity contribution is 6.15. The van der Waals surface area contributed by atoms with Gasteiger partial charge in [-0.3, -0.25) is 4.79 Å². The van der Waals surface area contributed by atoms with E-state index in [1.807, 2.05) is 55.5 Å². The summed E-state index contributed by atoms with van der Waals surface area (Å²) in [5.41, 5.74) is 3.14. The first-order valence-corrected chi connectivity index (χ1v) is 5.83. The van der Waals surface area contributed by atoms with E-state index < -0.39 is 0 Å². The number of hydrogen-bond donors (Lipinski definition) is 0. The molecule has 0 saturated heterocycles. The average Bonchev–Trinajstić information content (AvgIpc) is 2.82. The highest BCUT2D eigenvalue weighted by Gasteiger charge is 2.15. The third-order valence-electron chi connectivity index (χ3n) is 3.01. The minimum absolute atomic E-state index is 0.00338. The highest BCUT2D eigenvalue weighted by atomic mass is 16.3. The van der Waals surface area contributed by atoms with Crippen LogP contribution in [0.15, 0.2) is 59.2 Å². The molecule has 88 valence electrons. The van der Waals surface area contributed by atoms with E-state index in [1.54, 1.807) is 0 Å². The lowest BCUT2D eigenvalue weighted by Crippen LogP contribution is -2.00. The van der Waals surface area contributed by atoms with Crippen molar-refractivity contribution in [3.8, 4) is 0 Å². The smallest absolute Gasteiger partial charge is 0.196 e. The van der Waals surface area contributed by atoms with Crippen molar-refractivity contribution in [2.45, 2.75) is 6.92 Å². The topological polar surface area (TPSA) is 30.2 Å². The maximum atomic E-state index is 12.4. The van der Waals surface area contributed by atoms with Gasteiger partial charge in [-0.15, -0.1) is 0 Å². The van der Waals surface area contributed by atoms with Crippen LogP contribution >= 0.6 is 0 Å². The van der Waals surface area contributed by atoms with Crippen LogP contribution in [-0.4, -0.2) is 5.78 Å². The molecule has 0 atom stereocenters. The summed E-state index contributed by atoms with van der Waals surface area (Å²) in [7, 11) is 0. The van der Waals surface area contributed by atoms with Crippen LogP contribution in [0.5, 0.6) is 0 Å². The monoisotopic (exact) mass is 236 g/mol. The molecular weight excluding hydrogens is 224 g/mol. The van der Waals surface area contributed by atoms with Gasteiger partial charge in [-0.05, 0) is 19.1 Å². The van der Waals surface area contributed by atoms with Crippen molar-refractivity contribution in [2.24, 2.45) is 0 Å². The number of ketones is 1. The number of fused-ring (bicyclic) bond motifs is 1. The summed E-state index contributed by atoms with van der Waals surface area (Å²) >= 11 is 0. The summed E-state index contributed by atoms with van der Waals surface area (Å²) in [6.45, 7) is 1.98. The lowest BCUT2D eigenvalue weighted by molar-refractivity contribution is 0.103. The molecule has 2 heteroatoms. The number of carbonyl (C=O) groups is 1. The molecule has 0 spiro atoms. The molecule has 2 aromatic carbocycles. The van der Waals surface area contributed by atoms with Gasteiger partial charge in [0.25, 0.3) is 0 Å². The van der Waals surface area contributed by atoms with Crippen molar-refractivity contribution in [1.82, 2.24) is 0 Å². The fourth-order valence-electron chi connectivity index (χ4n) is 2.10. The second-order valence-corrected chi connectivity index (χ2v) is 4.34. The van der Waals surface area contributed by atoms with Gasteiger partial charge in [0.05, 0.1) is 5.56 Å². The molecule has 0 bridgehead atoms. The van der Waals surface area contributed by atoms with Crippen LogP contribution in [0.3, 0.4) is 0 Å². The summed E-state index contributed by atoms with van der Waals surface area (Å²) in [5.74, 6) is 0.00338. The van der Waals surface area contributed by atoms with Gasteiger partial charge in [-0.2, -0.15) is 0 Å². The molecule has 0 aliphatic heterocycles. The second-order valence-electron chi connectivity index (χ2n) is 4.34. The van der Waals surface area contributed by atoms with Gasteiger partial charge in [-0.25, -0.2) is 0 Å². The number of benzene rings is 2. The quantitative estimate of drug-likeness (QED) is 0.630. The minimum atomic E-state index is 0.00338.